The van der Waals surface area contributed by atoms with Gasteiger partial charge in [0.05, 0.1) is 6.61 Å². The van der Waals surface area contributed by atoms with E-state index in [4.69, 9.17) is 4.74 Å². The van der Waals surface area contributed by atoms with Crippen molar-refractivity contribution in [3.63, 3.8) is 0 Å². The topological polar surface area (TPSA) is 21.3 Å². The van der Waals surface area contributed by atoms with Crippen molar-refractivity contribution in [1.29, 1.82) is 0 Å². The maximum atomic E-state index is 13.7. The van der Waals surface area contributed by atoms with Gasteiger partial charge in [-0.3, -0.25) is 0 Å². The zero-order valence-corrected chi connectivity index (χ0v) is 12.6. The Bertz CT molecular complexity index is 360. The van der Waals surface area contributed by atoms with Crippen molar-refractivity contribution in [2.45, 2.75) is 32.7 Å². The van der Waals surface area contributed by atoms with Gasteiger partial charge in [0.1, 0.15) is 5.82 Å². The third-order valence-electron chi connectivity index (χ3n) is 2.77. The zero-order valence-electron chi connectivity index (χ0n) is 11.0. The molecule has 1 rings (SSSR count). The van der Waals surface area contributed by atoms with E-state index >= 15 is 0 Å². The van der Waals surface area contributed by atoms with Gasteiger partial charge in [0, 0.05) is 29.2 Å². The quantitative estimate of drug-likeness (QED) is 0.730. The summed E-state index contributed by atoms with van der Waals surface area (Å²) >= 11 is 3.25. The lowest BCUT2D eigenvalue weighted by atomic mass is 10.1. The lowest BCUT2D eigenvalue weighted by Gasteiger charge is -2.15. The Morgan fingerprint density at radius 3 is 2.83 bits per heavy atom. The van der Waals surface area contributed by atoms with Crippen LogP contribution in [0.1, 0.15) is 38.3 Å². The maximum Gasteiger partial charge on any atom is 0.129 e. The highest BCUT2D eigenvalue weighted by molar-refractivity contribution is 9.10. The van der Waals surface area contributed by atoms with Gasteiger partial charge in [-0.25, -0.2) is 4.39 Å². The van der Waals surface area contributed by atoms with Crippen molar-refractivity contribution in [2.75, 3.05) is 19.8 Å². The number of hydrogen-bond acceptors (Lipinski definition) is 2. The lowest BCUT2D eigenvalue weighted by molar-refractivity contribution is 0.131. The van der Waals surface area contributed by atoms with Crippen LogP contribution in [0.3, 0.4) is 0 Å². The van der Waals surface area contributed by atoms with Crippen LogP contribution in [-0.2, 0) is 4.74 Å². The molecule has 0 aliphatic rings. The Hall–Kier alpha value is -0.450. The van der Waals surface area contributed by atoms with Crippen LogP contribution in [-0.4, -0.2) is 19.8 Å². The molecule has 0 radical (unpaired) electrons. The Morgan fingerprint density at radius 2 is 2.17 bits per heavy atom. The third-order valence-corrected chi connectivity index (χ3v) is 3.26. The van der Waals surface area contributed by atoms with Crippen LogP contribution in [0.4, 0.5) is 4.39 Å². The highest BCUT2D eigenvalue weighted by Gasteiger charge is 2.10. The van der Waals surface area contributed by atoms with E-state index < -0.39 is 0 Å². The van der Waals surface area contributed by atoms with Crippen LogP contribution in [0.5, 0.6) is 0 Å². The summed E-state index contributed by atoms with van der Waals surface area (Å²) in [5.74, 6) is -0.184. The van der Waals surface area contributed by atoms with E-state index in [0.717, 1.165) is 30.5 Å². The summed E-state index contributed by atoms with van der Waals surface area (Å²) in [4.78, 5) is 0. The second-order valence-corrected chi connectivity index (χ2v) is 5.22. The number of nitrogens with one attached hydrogen (secondary N) is 1. The molecule has 0 saturated heterocycles. The van der Waals surface area contributed by atoms with Crippen LogP contribution in [0.15, 0.2) is 22.7 Å². The SMILES string of the molecule is CCCCOCCNC(C)c1ccc(Br)cc1F. The fraction of sp³-hybridized carbons (Fsp3) is 0.571. The molecule has 1 aromatic carbocycles. The Kier molecular flexibility index (Phi) is 7.47. The summed E-state index contributed by atoms with van der Waals surface area (Å²) < 4.78 is 19.9. The largest absolute Gasteiger partial charge is 0.380 e. The molecule has 0 aromatic heterocycles. The van der Waals surface area contributed by atoms with E-state index in [2.05, 4.69) is 28.2 Å². The lowest BCUT2D eigenvalue weighted by Crippen LogP contribution is -2.24. The first-order valence-corrected chi connectivity index (χ1v) is 7.20. The average molecular weight is 318 g/mol. The predicted octanol–water partition coefficient (Wildman–Crippen LogP) is 4.06. The van der Waals surface area contributed by atoms with Gasteiger partial charge in [0.25, 0.3) is 0 Å². The summed E-state index contributed by atoms with van der Waals surface area (Å²) in [5.41, 5.74) is 0.687. The van der Waals surface area contributed by atoms with E-state index in [1.807, 2.05) is 13.0 Å². The molecule has 0 spiro atoms. The minimum atomic E-state index is -0.184. The van der Waals surface area contributed by atoms with Crippen molar-refractivity contribution in [2.24, 2.45) is 0 Å². The molecule has 1 N–H and O–H groups in total. The predicted molar refractivity (Wildman–Crippen MR) is 76.2 cm³/mol. The minimum absolute atomic E-state index is 0.00660. The first-order chi connectivity index (χ1) is 8.65. The second kappa shape index (κ2) is 8.62. The van der Waals surface area contributed by atoms with E-state index in [0.29, 0.717) is 12.2 Å². The first kappa shape index (κ1) is 15.6. The molecule has 102 valence electrons. The zero-order chi connectivity index (χ0) is 13.4. The normalized spacial score (nSPS) is 12.7. The molecule has 1 atom stereocenters. The number of rotatable bonds is 8. The van der Waals surface area contributed by atoms with Crippen LogP contribution in [0.25, 0.3) is 0 Å². The van der Waals surface area contributed by atoms with Gasteiger partial charge in [-0.15, -0.1) is 0 Å². The van der Waals surface area contributed by atoms with Gasteiger partial charge in [0.2, 0.25) is 0 Å². The van der Waals surface area contributed by atoms with Crippen LogP contribution in [0, 0.1) is 5.82 Å². The van der Waals surface area contributed by atoms with E-state index in [1.165, 1.54) is 6.07 Å². The van der Waals surface area contributed by atoms with E-state index in [9.17, 15) is 4.39 Å². The van der Waals surface area contributed by atoms with Crippen molar-refractivity contribution in [3.8, 4) is 0 Å². The summed E-state index contributed by atoms with van der Waals surface area (Å²) in [6, 6.07) is 5.14. The smallest absolute Gasteiger partial charge is 0.129 e. The van der Waals surface area contributed by atoms with Gasteiger partial charge in [-0.2, -0.15) is 0 Å². The van der Waals surface area contributed by atoms with Gasteiger partial charge in [0.15, 0.2) is 0 Å². The number of hydrogen-bond donors (Lipinski definition) is 1. The standard InChI is InChI=1S/C14H21BrFNO/c1-3-4-8-18-9-7-17-11(2)13-6-5-12(15)10-14(13)16/h5-6,10-11,17H,3-4,7-9H2,1-2H3. The summed E-state index contributed by atoms with van der Waals surface area (Å²) in [6.45, 7) is 6.31. The van der Waals surface area contributed by atoms with Crippen LogP contribution >= 0.6 is 15.9 Å². The van der Waals surface area contributed by atoms with Crippen molar-refractivity contribution in [3.05, 3.63) is 34.1 Å². The van der Waals surface area contributed by atoms with E-state index in [-0.39, 0.29) is 11.9 Å². The number of benzene rings is 1. The van der Waals surface area contributed by atoms with Gasteiger partial charge in [-0.1, -0.05) is 35.3 Å². The molecule has 2 nitrogen and oxygen atoms in total. The molecule has 4 heteroatoms. The molecule has 0 amide bonds. The van der Waals surface area contributed by atoms with Crippen molar-refractivity contribution in [1.82, 2.24) is 5.32 Å². The van der Waals surface area contributed by atoms with Crippen molar-refractivity contribution >= 4 is 15.9 Å². The molecule has 1 aromatic rings. The number of halogens is 2. The van der Waals surface area contributed by atoms with Gasteiger partial charge >= 0.3 is 0 Å². The van der Waals surface area contributed by atoms with E-state index in [1.54, 1.807) is 6.07 Å². The average Bonchev–Trinajstić information content (AvgIpc) is 2.33. The van der Waals surface area contributed by atoms with Gasteiger partial charge < -0.3 is 10.1 Å². The molecule has 0 aliphatic carbocycles. The second-order valence-electron chi connectivity index (χ2n) is 4.31. The molecular weight excluding hydrogens is 297 g/mol. The van der Waals surface area contributed by atoms with Crippen LogP contribution < -0.4 is 5.32 Å². The van der Waals surface area contributed by atoms with Crippen molar-refractivity contribution < 1.29 is 9.13 Å². The third kappa shape index (κ3) is 5.46. The Labute approximate surface area is 117 Å². The number of ether oxygens (including phenoxy) is 1. The fourth-order valence-electron chi connectivity index (χ4n) is 1.66. The molecule has 0 heterocycles. The fourth-order valence-corrected chi connectivity index (χ4v) is 1.99. The van der Waals surface area contributed by atoms with Crippen LogP contribution in [0.2, 0.25) is 0 Å². The molecular formula is C14H21BrFNO. The van der Waals surface area contributed by atoms with Gasteiger partial charge in [-0.05, 0) is 25.5 Å². The summed E-state index contributed by atoms with van der Waals surface area (Å²) in [7, 11) is 0. The molecule has 0 fully saturated rings. The Morgan fingerprint density at radius 1 is 1.39 bits per heavy atom. The highest BCUT2D eigenvalue weighted by Crippen LogP contribution is 2.20. The Balaban J connectivity index is 2.29. The summed E-state index contributed by atoms with van der Waals surface area (Å²) in [5, 5.41) is 3.26. The minimum Gasteiger partial charge on any atom is -0.380 e. The molecule has 18 heavy (non-hydrogen) atoms. The molecule has 0 saturated carbocycles. The monoisotopic (exact) mass is 317 g/mol. The highest BCUT2D eigenvalue weighted by atomic mass is 79.9. The molecule has 0 aliphatic heterocycles. The number of unbranched alkanes of at least 4 members (excludes halogenated alkanes) is 1. The summed E-state index contributed by atoms with van der Waals surface area (Å²) in [6.07, 6.45) is 2.24. The first-order valence-electron chi connectivity index (χ1n) is 6.41. The maximum absolute atomic E-state index is 13.7. The molecule has 1 unspecified atom stereocenters. The molecule has 0 bridgehead atoms.